The molecule has 0 atom stereocenters. The predicted octanol–water partition coefficient (Wildman–Crippen LogP) is 1.94. The van der Waals surface area contributed by atoms with Crippen molar-refractivity contribution in [3.05, 3.63) is 44.4 Å². The largest absolute Gasteiger partial charge is 0.454 e. The summed E-state index contributed by atoms with van der Waals surface area (Å²) in [4.78, 5) is 21.6. The number of nitrogens with one attached hydrogen (secondary N) is 1. The van der Waals surface area contributed by atoms with E-state index in [1.54, 1.807) is 12.1 Å². The molecule has 0 unspecified atom stereocenters. The first-order chi connectivity index (χ1) is 9.51. The Hall–Kier alpha value is -2.16. The third-order valence-corrected chi connectivity index (χ3v) is 2.97. The van der Waals surface area contributed by atoms with Crippen LogP contribution in [0.5, 0.6) is 0 Å². The number of amides is 1. The van der Waals surface area contributed by atoms with Crippen molar-refractivity contribution < 1.29 is 14.1 Å². The van der Waals surface area contributed by atoms with Crippen LogP contribution in [-0.4, -0.2) is 27.2 Å². The Bertz CT molecular complexity index is 649. The number of nitro groups is 1. The number of furan rings is 1. The lowest BCUT2D eigenvalue weighted by Crippen LogP contribution is -2.21. The van der Waals surface area contributed by atoms with Gasteiger partial charge in [0.25, 0.3) is 5.91 Å². The van der Waals surface area contributed by atoms with Gasteiger partial charge in [-0.1, -0.05) is 0 Å². The Morgan fingerprint density at radius 1 is 1.60 bits per heavy atom. The molecule has 20 heavy (non-hydrogen) atoms. The van der Waals surface area contributed by atoms with Crippen LogP contribution in [0.3, 0.4) is 0 Å². The zero-order chi connectivity index (χ0) is 14.7. The standard InChI is InChI=1S/C11H11BrN4O4/c1-2-13-11(17)9-4-3-7(20-9)5-15-6-8(12)10(14-15)16(18)19/h3-4,6H,2,5H2,1H3,(H,13,17). The summed E-state index contributed by atoms with van der Waals surface area (Å²) in [7, 11) is 0. The van der Waals surface area contributed by atoms with E-state index in [0.29, 0.717) is 12.3 Å². The van der Waals surface area contributed by atoms with Gasteiger partial charge >= 0.3 is 5.82 Å². The van der Waals surface area contributed by atoms with Crippen LogP contribution in [0, 0.1) is 10.1 Å². The van der Waals surface area contributed by atoms with Gasteiger partial charge in [0.05, 0.1) is 11.3 Å². The van der Waals surface area contributed by atoms with E-state index in [4.69, 9.17) is 4.42 Å². The van der Waals surface area contributed by atoms with Gasteiger partial charge in [-0.15, -0.1) is 0 Å². The lowest BCUT2D eigenvalue weighted by Gasteiger charge is -1.97. The Kier molecular flexibility index (Phi) is 4.18. The molecule has 2 heterocycles. The van der Waals surface area contributed by atoms with Crippen LogP contribution in [0.25, 0.3) is 0 Å². The van der Waals surface area contributed by atoms with Crippen molar-refractivity contribution in [3.63, 3.8) is 0 Å². The molecule has 0 aromatic carbocycles. The average Bonchev–Trinajstić information content (AvgIpc) is 2.97. The summed E-state index contributed by atoms with van der Waals surface area (Å²) in [6, 6.07) is 3.18. The molecule has 2 rings (SSSR count). The van der Waals surface area contributed by atoms with Gasteiger partial charge in [-0.05, 0) is 39.9 Å². The molecule has 2 aromatic heterocycles. The van der Waals surface area contributed by atoms with E-state index in [2.05, 4.69) is 26.3 Å². The molecule has 9 heteroatoms. The number of carbonyl (C=O) groups is 1. The second-order valence-electron chi connectivity index (χ2n) is 3.88. The van der Waals surface area contributed by atoms with Crippen LogP contribution >= 0.6 is 15.9 Å². The molecule has 0 fully saturated rings. The van der Waals surface area contributed by atoms with E-state index >= 15 is 0 Å². The summed E-state index contributed by atoms with van der Waals surface area (Å²) in [5.41, 5.74) is 0. The zero-order valence-corrected chi connectivity index (χ0v) is 12.1. The first kappa shape index (κ1) is 14.3. The van der Waals surface area contributed by atoms with Crippen LogP contribution in [0.2, 0.25) is 0 Å². The van der Waals surface area contributed by atoms with Gasteiger partial charge in [0.1, 0.15) is 16.8 Å². The van der Waals surface area contributed by atoms with E-state index in [-0.39, 0.29) is 28.5 Å². The molecule has 0 saturated carbocycles. The van der Waals surface area contributed by atoms with Crippen molar-refractivity contribution in [1.82, 2.24) is 15.1 Å². The molecule has 1 N–H and O–H groups in total. The van der Waals surface area contributed by atoms with Gasteiger partial charge in [-0.3, -0.25) is 4.79 Å². The van der Waals surface area contributed by atoms with E-state index in [0.717, 1.165) is 0 Å². The first-order valence-electron chi connectivity index (χ1n) is 5.75. The molecule has 2 aromatic rings. The molecular formula is C11H11BrN4O4. The summed E-state index contributed by atoms with van der Waals surface area (Å²) in [6.07, 6.45) is 1.48. The van der Waals surface area contributed by atoms with Crippen LogP contribution in [0.15, 0.2) is 27.2 Å². The van der Waals surface area contributed by atoms with Crippen LogP contribution in [0.1, 0.15) is 23.2 Å². The molecule has 0 aliphatic rings. The average molecular weight is 343 g/mol. The third-order valence-electron chi connectivity index (χ3n) is 2.41. The minimum Gasteiger partial charge on any atom is -0.454 e. The van der Waals surface area contributed by atoms with E-state index in [1.807, 2.05) is 6.92 Å². The Labute approximate surface area is 122 Å². The number of nitrogens with zero attached hydrogens (tertiary/aromatic N) is 3. The number of aromatic nitrogens is 2. The summed E-state index contributed by atoms with van der Waals surface area (Å²) in [5.74, 6) is 0.116. The molecule has 1 amide bonds. The Balaban J connectivity index is 2.12. The van der Waals surface area contributed by atoms with Crippen LogP contribution in [-0.2, 0) is 6.54 Å². The Morgan fingerprint density at radius 3 is 2.95 bits per heavy atom. The molecule has 8 nitrogen and oxygen atoms in total. The molecule has 0 aliphatic heterocycles. The SMILES string of the molecule is CCNC(=O)c1ccc(Cn2cc(Br)c([N+](=O)[O-])n2)o1. The summed E-state index contributed by atoms with van der Waals surface area (Å²) < 4.78 is 7.01. The molecule has 0 radical (unpaired) electrons. The lowest BCUT2D eigenvalue weighted by atomic mass is 10.4. The number of rotatable bonds is 5. The fourth-order valence-electron chi connectivity index (χ4n) is 1.58. The molecular weight excluding hydrogens is 332 g/mol. The Morgan fingerprint density at radius 2 is 2.35 bits per heavy atom. The van der Waals surface area contributed by atoms with Crippen molar-refractivity contribution in [3.8, 4) is 0 Å². The minimum atomic E-state index is -0.581. The summed E-state index contributed by atoms with van der Waals surface area (Å²) in [6.45, 7) is 2.52. The predicted molar refractivity (Wildman–Crippen MR) is 72.4 cm³/mol. The zero-order valence-electron chi connectivity index (χ0n) is 10.5. The van der Waals surface area contributed by atoms with Crippen molar-refractivity contribution >= 4 is 27.7 Å². The smallest absolute Gasteiger partial charge is 0.404 e. The fraction of sp³-hybridized carbons (Fsp3) is 0.273. The van der Waals surface area contributed by atoms with Crippen molar-refractivity contribution in [1.29, 1.82) is 0 Å². The van der Waals surface area contributed by atoms with Crippen LogP contribution in [0.4, 0.5) is 5.82 Å². The number of hydrogen-bond acceptors (Lipinski definition) is 5. The normalized spacial score (nSPS) is 10.5. The number of carbonyl (C=O) groups excluding carboxylic acids is 1. The van der Waals surface area contributed by atoms with Crippen molar-refractivity contribution in [2.45, 2.75) is 13.5 Å². The topological polar surface area (TPSA) is 103 Å². The minimum absolute atomic E-state index is 0.197. The van der Waals surface area contributed by atoms with Gasteiger partial charge in [0.2, 0.25) is 0 Å². The monoisotopic (exact) mass is 342 g/mol. The number of halogens is 1. The van der Waals surface area contributed by atoms with Gasteiger partial charge < -0.3 is 19.8 Å². The second kappa shape index (κ2) is 5.87. The third kappa shape index (κ3) is 3.05. The molecule has 0 bridgehead atoms. The highest BCUT2D eigenvalue weighted by atomic mass is 79.9. The molecule has 0 spiro atoms. The van der Waals surface area contributed by atoms with Gasteiger partial charge in [0.15, 0.2) is 5.76 Å². The van der Waals surface area contributed by atoms with E-state index < -0.39 is 4.92 Å². The fourth-order valence-corrected chi connectivity index (χ4v) is 2.04. The van der Waals surface area contributed by atoms with E-state index in [9.17, 15) is 14.9 Å². The van der Waals surface area contributed by atoms with Gasteiger partial charge in [0, 0.05) is 6.54 Å². The highest BCUT2D eigenvalue weighted by molar-refractivity contribution is 9.10. The van der Waals surface area contributed by atoms with Crippen LogP contribution < -0.4 is 5.32 Å². The van der Waals surface area contributed by atoms with Gasteiger partial charge in [-0.2, -0.15) is 4.68 Å². The lowest BCUT2D eigenvalue weighted by molar-refractivity contribution is -0.390. The quantitative estimate of drug-likeness (QED) is 0.660. The molecule has 0 aliphatic carbocycles. The second-order valence-corrected chi connectivity index (χ2v) is 4.74. The maximum atomic E-state index is 11.5. The molecule has 106 valence electrons. The molecule has 0 saturated heterocycles. The van der Waals surface area contributed by atoms with Crippen molar-refractivity contribution in [2.24, 2.45) is 0 Å². The highest BCUT2D eigenvalue weighted by Crippen LogP contribution is 2.22. The maximum Gasteiger partial charge on any atom is 0.404 e. The van der Waals surface area contributed by atoms with E-state index in [1.165, 1.54) is 10.9 Å². The first-order valence-corrected chi connectivity index (χ1v) is 6.54. The summed E-state index contributed by atoms with van der Waals surface area (Å²) >= 11 is 3.06. The summed E-state index contributed by atoms with van der Waals surface area (Å²) in [5, 5.41) is 17.1. The highest BCUT2D eigenvalue weighted by Gasteiger charge is 2.19. The van der Waals surface area contributed by atoms with Crippen molar-refractivity contribution in [2.75, 3.05) is 6.54 Å². The maximum absolute atomic E-state index is 11.5. The van der Waals surface area contributed by atoms with Gasteiger partial charge in [-0.25, -0.2) is 0 Å². The number of hydrogen-bond donors (Lipinski definition) is 1.